The van der Waals surface area contributed by atoms with E-state index in [-0.39, 0.29) is 0 Å². The Morgan fingerprint density at radius 3 is 2.82 bits per heavy atom. The minimum Gasteiger partial charge on any atom is -0.374 e. The van der Waals surface area contributed by atoms with Gasteiger partial charge >= 0.3 is 0 Å². The highest BCUT2D eigenvalue weighted by molar-refractivity contribution is 5.13. The first-order chi connectivity index (χ1) is 5.18. The SMILES string of the molecule is C=C(C)C=CC1CC(C)CO1. The minimum atomic E-state index is 0.335. The molecule has 1 heteroatoms. The average molecular weight is 152 g/mol. The third-order valence-corrected chi connectivity index (χ3v) is 1.82. The molecule has 1 fully saturated rings. The third-order valence-electron chi connectivity index (χ3n) is 1.82. The van der Waals surface area contributed by atoms with E-state index in [9.17, 15) is 0 Å². The first-order valence-corrected chi connectivity index (χ1v) is 4.14. The fraction of sp³-hybridized carbons (Fsp3) is 0.600. The second-order valence-electron chi connectivity index (χ2n) is 3.42. The van der Waals surface area contributed by atoms with Crippen LogP contribution >= 0.6 is 0 Å². The first kappa shape index (κ1) is 8.54. The van der Waals surface area contributed by atoms with Gasteiger partial charge < -0.3 is 4.74 Å². The van der Waals surface area contributed by atoms with Gasteiger partial charge in [-0.25, -0.2) is 0 Å². The molecular formula is C10H16O. The fourth-order valence-electron chi connectivity index (χ4n) is 1.23. The molecule has 0 aromatic carbocycles. The van der Waals surface area contributed by atoms with Crippen molar-refractivity contribution in [1.82, 2.24) is 0 Å². The number of rotatable bonds is 2. The van der Waals surface area contributed by atoms with Crippen LogP contribution in [0, 0.1) is 5.92 Å². The Hall–Kier alpha value is -0.560. The summed E-state index contributed by atoms with van der Waals surface area (Å²) in [4.78, 5) is 0. The zero-order valence-electron chi connectivity index (χ0n) is 7.34. The van der Waals surface area contributed by atoms with E-state index in [4.69, 9.17) is 4.74 Å². The van der Waals surface area contributed by atoms with E-state index in [0.717, 1.165) is 24.5 Å². The first-order valence-electron chi connectivity index (χ1n) is 4.14. The highest BCUT2D eigenvalue weighted by Gasteiger charge is 2.18. The van der Waals surface area contributed by atoms with Crippen molar-refractivity contribution < 1.29 is 4.74 Å². The molecule has 1 aliphatic heterocycles. The molecule has 2 unspecified atom stereocenters. The van der Waals surface area contributed by atoms with Crippen LogP contribution in [0.4, 0.5) is 0 Å². The largest absolute Gasteiger partial charge is 0.374 e. The molecule has 0 bridgehead atoms. The zero-order chi connectivity index (χ0) is 8.27. The summed E-state index contributed by atoms with van der Waals surface area (Å²) >= 11 is 0. The highest BCUT2D eigenvalue weighted by Crippen LogP contribution is 2.19. The van der Waals surface area contributed by atoms with Gasteiger partial charge in [-0.15, -0.1) is 0 Å². The van der Waals surface area contributed by atoms with Gasteiger partial charge in [0, 0.05) is 0 Å². The summed E-state index contributed by atoms with van der Waals surface area (Å²) < 4.78 is 5.49. The zero-order valence-corrected chi connectivity index (χ0v) is 7.34. The number of hydrogen-bond donors (Lipinski definition) is 0. The summed E-state index contributed by atoms with van der Waals surface area (Å²) in [6.07, 6.45) is 5.62. The van der Waals surface area contributed by atoms with E-state index >= 15 is 0 Å². The molecule has 0 aromatic rings. The Balaban J connectivity index is 2.33. The van der Waals surface area contributed by atoms with Crippen molar-refractivity contribution in [2.45, 2.75) is 26.4 Å². The lowest BCUT2D eigenvalue weighted by molar-refractivity contribution is 0.140. The van der Waals surface area contributed by atoms with Crippen LogP contribution in [0.3, 0.4) is 0 Å². The predicted molar refractivity (Wildman–Crippen MR) is 47.5 cm³/mol. The van der Waals surface area contributed by atoms with Crippen LogP contribution in [0.1, 0.15) is 20.3 Å². The number of allylic oxidation sites excluding steroid dienone is 2. The van der Waals surface area contributed by atoms with Crippen LogP contribution in [0.2, 0.25) is 0 Å². The topological polar surface area (TPSA) is 9.23 Å². The smallest absolute Gasteiger partial charge is 0.0762 e. The second kappa shape index (κ2) is 3.72. The van der Waals surface area contributed by atoms with Crippen molar-refractivity contribution in [3.8, 4) is 0 Å². The molecule has 0 saturated carbocycles. The Morgan fingerprint density at radius 2 is 2.36 bits per heavy atom. The summed E-state index contributed by atoms with van der Waals surface area (Å²) in [7, 11) is 0. The quantitative estimate of drug-likeness (QED) is 0.552. The van der Waals surface area contributed by atoms with Crippen molar-refractivity contribution in [3.63, 3.8) is 0 Å². The van der Waals surface area contributed by atoms with E-state index in [1.807, 2.05) is 13.0 Å². The molecule has 1 heterocycles. The number of ether oxygens (including phenoxy) is 1. The molecular weight excluding hydrogens is 136 g/mol. The molecule has 0 N–H and O–H groups in total. The molecule has 1 aliphatic rings. The lowest BCUT2D eigenvalue weighted by atomic mass is 10.1. The molecule has 0 aromatic heterocycles. The van der Waals surface area contributed by atoms with Crippen molar-refractivity contribution in [3.05, 3.63) is 24.3 Å². The molecule has 0 aliphatic carbocycles. The molecule has 2 atom stereocenters. The molecule has 1 rings (SSSR count). The van der Waals surface area contributed by atoms with E-state index in [2.05, 4.69) is 19.6 Å². The summed E-state index contributed by atoms with van der Waals surface area (Å²) in [6.45, 7) is 8.91. The maximum atomic E-state index is 5.49. The van der Waals surface area contributed by atoms with Crippen LogP contribution in [0.25, 0.3) is 0 Å². The maximum Gasteiger partial charge on any atom is 0.0762 e. The molecule has 1 saturated heterocycles. The van der Waals surface area contributed by atoms with Gasteiger partial charge in [0.25, 0.3) is 0 Å². The van der Waals surface area contributed by atoms with E-state index in [0.29, 0.717) is 6.10 Å². The normalized spacial score (nSPS) is 31.5. The Bertz CT molecular complexity index is 170. The second-order valence-corrected chi connectivity index (χ2v) is 3.42. The van der Waals surface area contributed by atoms with Gasteiger partial charge in [0.2, 0.25) is 0 Å². The molecule has 62 valence electrons. The van der Waals surface area contributed by atoms with Gasteiger partial charge in [0.05, 0.1) is 12.7 Å². The third kappa shape index (κ3) is 2.89. The van der Waals surface area contributed by atoms with Crippen LogP contribution in [-0.2, 0) is 4.74 Å². The van der Waals surface area contributed by atoms with Gasteiger partial charge in [0.1, 0.15) is 0 Å². The fourth-order valence-corrected chi connectivity index (χ4v) is 1.23. The average Bonchev–Trinajstić information content (AvgIpc) is 2.31. The van der Waals surface area contributed by atoms with Gasteiger partial charge in [-0.1, -0.05) is 31.2 Å². The summed E-state index contributed by atoms with van der Waals surface area (Å²) in [5.74, 6) is 0.717. The molecule has 1 nitrogen and oxygen atoms in total. The lowest BCUT2D eigenvalue weighted by Gasteiger charge is -2.00. The summed E-state index contributed by atoms with van der Waals surface area (Å²) in [6, 6.07) is 0. The standard InChI is InChI=1S/C10H16O/c1-8(2)4-5-10-6-9(3)7-11-10/h4-5,9-10H,1,6-7H2,2-3H3. The summed E-state index contributed by atoms with van der Waals surface area (Å²) in [5, 5.41) is 0. The minimum absolute atomic E-state index is 0.335. The predicted octanol–water partition coefficient (Wildman–Crippen LogP) is 2.54. The van der Waals surface area contributed by atoms with Gasteiger partial charge in [-0.3, -0.25) is 0 Å². The van der Waals surface area contributed by atoms with Crippen molar-refractivity contribution in [2.75, 3.05) is 6.61 Å². The molecule has 11 heavy (non-hydrogen) atoms. The van der Waals surface area contributed by atoms with E-state index < -0.39 is 0 Å². The van der Waals surface area contributed by atoms with Gasteiger partial charge in [0.15, 0.2) is 0 Å². The van der Waals surface area contributed by atoms with Crippen LogP contribution < -0.4 is 0 Å². The van der Waals surface area contributed by atoms with Crippen molar-refractivity contribution >= 4 is 0 Å². The molecule has 0 spiro atoms. The van der Waals surface area contributed by atoms with Crippen LogP contribution in [0.5, 0.6) is 0 Å². The van der Waals surface area contributed by atoms with Gasteiger partial charge in [-0.2, -0.15) is 0 Å². The monoisotopic (exact) mass is 152 g/mol. The Morgan fingerprint density at radius 1 is 1.64 bits per heavy atom. The van der Waals surface area contributed by atoms with Crippen LogP contribution in [-0.4, -0.2) is 12.7 Å². The lowest BCUT2D eigenvalue weighted by Crippen LogP contribution is -1.98. The van der Waals surface area contributed by atoms with Crippen molar-refractivity contribution in [1.29, 1.82) is 0 Å². The maximum absolute atomic E-state index is 5.49. The highest BCUT2D eigenvalue weighted by atomic mass is 16.5. The Kier molecular flexibility index (Phi) is 2.89. The summed E-state index contributed by atoms with van der Waals surface area (Å²) in [5.41, 5.74) is 1.09. The number of hydrogen-bond acceptors (Lipinski definition) is 1. The van der Waals surface area contributed by atoms with Gasteiger partial charge in [-0.05, 0) is 19.3 Å². The Labute approximate surface area is 68.8 Å². The molecule has 0 radical (unpaired) electrons. The van der Waals surface area contributed by atoms with E-state index in [1.165, 1.54) is 0 Å². The molecule has 0 amide bonds. The van der Waals surface area contributed by atoms with Crippen LogP contribution in [0.15, 0.2) is 24.3 Å². The van der Waals surface area contributed by atoms with Crippen molar-refractivity contribution in [2.24, 2.45) is 5.92 Å². The van der Waals surface area contributed by atoms with E-state index in [1.54, 1.807) is 0 Å².